The van der Waals surface area contributed by atoms with E-state index in [2.05, 4.69) is 10.2 Å². The predicted octanol–water partition coefficient (Wildman–Crippen LogP) is 1.78. The van der Waals surface area contributed by atoms with E-state index in [0.717, 1.165) is 60.9 Å². The number of amides is 2. The number of Topliss-reactive ketones (excluding diaryl/α,β-unsaturated/α-hetero) is 1. The first-order valence-corrected chi connectivity index (χ1v) is 12.4. The second-order valence-corrected chi connectivity index (χ2v) is 10.3. The van der Waals surface area contributed by atoms with Crippen molar-refractivity contribution in [3.63, 3.8) is 0 Å². The van der Waals surface area contributed by atoms with Crippen LogP contribution in [0.2, 0.25) is 0 Å². The van der Waals surface area contributed by atoms with Crippen molar-refractivity contribution >= 4 is 17.6 Å². The molecule has 0 radical (unpaired) electrons. The Hall–Kier alpha value is -3.36. The molecule has 2 amide bonds. The normalized spacial score (nSPS) is 22.9. The molecule has 3 heterocycles. The number of hydrogen-bond donors (Lipinski definition) is 1. The molecule has 2 bridgehead atoms. The quantitative estimate of drug-likeness (QED) is 0.660. The molecule has 2 aromatic rings. The SMILES string of the molecule is O=C(C(=O)N1C[C@@H]2C[C@H]1CN2C(=O)c1cc(Cc2n[nH]c(=O)c3c2CCCC3)ccc1F)C1CC1. The van der Waals surface area contributed by atoms with E-state index in [1.54, 1.807) is 21.9 Å². The van der Waals surface area contributed by atoms with Gasteiger partial charge in [-0.1, -0.05) is 6.07 Å². The van der Waals surface area contributed by atoms with Crippen LogP contribution in [0.5, 0.6) is 0 Å². The Kier molecular flexibility index (Phi) is 5.30. The fraction of sp³-hybridized carbons (Fsp3) is 0.500. The number of nitrogens with one attached hydrogen (secondary N) is 1. The average molecular weight is 479 g/mol. The van der Waals surface area contributed by atoms with Gasteiger partial charge in [-0.05, 0) is 68.2 Å². The summed E-state index contributed by atoms with van der Waals surface area (Å²) in [6, 6.07) is 4.13. The van der Waals surface area contributed by atoms with Crippen LogP contribution in [-0.2, 0) is 28.9 Å². The van der Waals surface area contributed by atoms with E-state index in [-0.39, 0.29) is 34.9 Å². The molecule has 1 N–H and O–H groups in total. The lowest BCUT2D eigenvalue weighted by molar-refractivity contribution is -0.146. The van der Waals surface area contributed by atoms with E-state index in [0.29, 0.717) is 25.9 Å². The molecule has 1 aromatic heterocycles. The number of benzene rings is 1. The zero-order valence-corrected chi connectivity index (χ0v) is 19.4. The molecule has 0 spiro atoms. The molecule has 2 aliphatic heterocycles. The molecule has 1 saturated carbocycles. The summed E-state index contributed by atoms with van der Waals surface area (Å²) in [5.74, 6) is -1.85. The van der Waals surface area contributed by atoms with E-state index >= 15 is 0 Å². The van der Waals surface area contributed by atoms with Crippen LogP contribution in [0.25, 0.3) is 0 Å². The molecule has 1 aromatic carbocycles. The van der Waals surface area contributed by atoms with E-state index in [1.165, 1.54) is 6.07 Å². The fourth-order valence-corrected chi connectivity index (χ4v) is 5.89. The van der Waals surface area contributed by atoms with Gasteiger partial charge in [0.2, 0.25) is 5.78 Å². The van der Waals surface area contributed by atoms with Crippen molar-refractivity contribution in [1.82, 2.24) is 20.0 Å². The number of fused-ring (bicyclic) bond motifs is 3. The van der Waals surface area contributed by atoms with Gasteiger partial charge in [0.1, 0.15) is 5.82 Å². The molecule has 3 fully saturated rings. The number of nitrogens with zero attached hydrogens (tertiary/aromatic N) is 3. The third-order valence-corrected chi connectivity index (χ3v) is 7.94. The van der Waals surface area contributed by atoms with Gasteiger partial charge in [-0.3, -0.25) is 19.2 Å². The summed E-state index contributed by atoms with van der Waals surface area (Å²) < 4.78 is 14.8. The summed E-state index contributed by atoms with van der Waals surface area (Å²) in [4.78, 5) is 53.4. The van der Waals surface area contributed by atoms with E-state index in [9.17, 15) is 23.6 Å². The minimum absolute atomic E-state index is 0.000255. The number of carbonyl (C=O) groups excluding carboxylic acids is 3. The van der Waals surface area contributed by atoms with Crippen LogP contribution in [-0.4, -0.2) is 62.8 Å². The lowest BCUT2D eigenvalue weighted by Crippen LogP contribution is -2.52. The van der Waals surface area contributed by atoms with E-state index in [1.807, 2.05) is 0 Å². The molecule has 2 saturated heterocycles. The first-order valence-electron chi connectivity index (χ1n) is 12.4. The molecule has 6 rings (SSSR count). The third kappa shape index (κ3) is 3.86. The lowest BCUT2D eigenvalue weighted by Gasteiger charge is -2.34. The summed E-state index contributed by atoms with van der Waals surface area (Å²) >= 11 is 0. The highest BCUT2D eigenvalue weighted by atomic mass is 19.1. The first kappa shape index (κ1) is 22.1. The van der Waals surface area contributed by atoms with E-state index in [4.69, 9.17) is 0 Å². The Balaban J connectivity index is 1.19. The monoisotopic (exact) mass is 478 g/mol. The van der Waals surface area contributed by atoms with Gasteiger partial charge in [0, 0.05) is 31.0 Å². The smallest absolute Gasteiger partial charge is 0.290 e. The van der Waals surface area contributed by atoms with Crippen LogP contribution in [0.15, 0.2) is 23.0 Å². The fourth-order valence-electron chi connectivity index (χ4n) is 5.89. The molecule has 8 nitrogen and oxygen atoms in total. The van der Waals surface area contributed by atoms with Crippen molar-refractivity contribution in [2.24, 2.45) is 5.92 Å². The van der Waals surface area contributed by atoms with E-state index < -0.39 is 17.6 Å². The summed E-state index contributed by atoms with van der Waals surface area (Å²) in [5.41, 5.74) is 3.12. The Labute approximate surface area is 201 Å². The van der Waals surface area contributed by atoms with Crippen LogP contribution in [0.4, 0.5) is 4.39 Å². The maximum atomic E-state index is 14.8. The third-order valence-electron chi connectivity index (χ3n) is 7.94. The van der Waals surface area contributed by atoms with Gasteiger partial charge in [-0.15, -0.1) is 0 Å². The zero-order valence-electron chi connectivity index (χ0n) is 19.4. The minimum atomic E-state index is -0.588. The maximum Gasteiger partial charge on any atom is 0.290 e. The van der Waals surface area contributed by atoms with Crippen molar-refractivity contribution in [3.8, 4) is 0 Å². The highest BCUT2D eigenvalue weighted by Gasteiger charge is 2.50. The van der Waals surface area contributed by atoms with Gasteiger partial charge < -0.3 is 9.80 Å². The number of aromatic nitrogens is 2. The summed E-state index contributed by atoms with van der Waals surface area (Å²) in [5, 5.41) is 6.84. The van der Waals surface area contributed by atoms with Crippen LogP contribution >= 0.6 is 0 Å². The molecule has 0 unspecified atom stereocenters. The number of hydrogen-bond acceptors (Lipinski definition) is 5. The van der Waals surface area contributed by atoms with Crippen LogP contribution in [0, 0.1) is 11.7 Å². The molecule has 4 aliphatic rings. The second kappa shape index (κ2) is 8.39. The predicted molar refractivity (Wildman–Crippen MR) is 123 cm³/mol. The number of piperazine rings is 1. The Morgan fingerprint density at radius 1 is 1.03 bits per heavy atom. The Bertz CT molecular complexity index is 1300. The molecule has 9 heteroatoms. The molecule has 2 aliphatic carbocycles. The van der Waals surface area contributed by atoms with Gasteiger partial charge in [0.05, 0.1) is 23.3 Å². The van der Waals surface area contributed by atoms with Crippen molar-refractivity contribution in [3.05, 3.63) is 62.3 Å². The Morgan fingerprint density at radius 2 is 1.74 bits per heavy atom. The number of aromatic amines is 1. The topological polar surface area (TPSA) is 103 Å². The summed E-state index contributed by atoms with van der Waals surface area (Å²) in [7, 11) is 0. The maximum absolute atomic E-state index is 14.8. The van der Waals surface area contributed by atoms with Gasteiger partial charge in [0.25, 0.3) is 17.4 Å². The van der Waals surface area contributed by atoms with Crippen molar-refractivity contribution in [2.45, 2.75) is 63.5 Å². The zero-order chi connectivity index (χ0) is 24.3. The van der Waals surface area contributed by atoms with Gasteiger partial charge in [-0.25, -0.2) is 9.49 Å². The molecular formula is C26H27FN4O4. The minimum Gasteiger partial charge on any atom is -0.332 e. The Morgan fingerprint density at radius 3 is 2.46 bits per heavy atom. The van der Waals surface area contributed by atoms with Crippen LogP contribution < -0.4 is 5.56 Å². The highest BCUT2D eigenvalue weighted by molar-refractivity contribution is 6.37. The van der Waals surface area contributed by atoms with Crippen molar-refractivity contribution in [2.75, 3.05) is 13.1 Å². The van der Waals surface area contributed by atoms with Crippen molar-refractivity contribution in [1.29, 1.82) is 0 Å². The average Bonchev–Trinajstić information content (AvgIpc) is 3.53. The largest absolute Gasteiger partial charge is 0.332 e. The number of rotatable bonds is 5. The molecule has 2 atom stereocenters. The molecule has 35 heavy (non-hydrogen) atoms. The number of H-pyrrole nitrogens is 1. The summed E-state index contributed by atoms with van der Waals surface area (Å²) in [6.07, 6.45) is 6.09. The standard InChI is InChI=1S/C26H27FN4O4/c27-21-8-5-14(10-22-18-3-1-2-4-19(18)24(33)29-28-22)9-20(21)25(34)30-12-17-11-16(30)13-31(17)26(35)23(32)15-6-7-15/h5,8-9,15-17H,1-4,6-7,10-13H2,(H,29,33)/t16-,17-/m0/s1. The number of ketones is 1. The highest BCUT2D eigenvalue weighted by Crippen LogP contribution is 2.35. The first-order chi connectivity index (χ1) is 16.9. The summed E-state index contributed by atoms with van der Waals surface area (Å²) in [6.45, 7) is 0.633. The number of likely N-dealkylation sites (tertiary alicyclic amines) is 2. The lowest BCUT2D eigenvalue weighted by atomic mass is 9.90. The molecule has 182 valence electrons. The van der Waals surface area contributed by atoms with Crippen LogP contribution in [0.3, 0.4) is 0 Å². The van der Waals surface area contributed by atoms with Crippen molar-refractivity contribution < 1.29 is 18.8 Å². The van der Waals surface area contributed by atoms with Gasteiger partial charge in [-0.2, -0.15) is 5.10 Å². The molecular weight excluding hydrogens is 451 g/mol. The second-order valence-electron chi connectivity index (χ2n) is 10.3. The van der Waals surface area contributed by atoms with Gasteiger partial charge in [0.15, 0.2) is 0 Å². The van der Waals surface area contributed by atoms with Crippen LogP contribution in [0.1, 0.15) is 64.8 Å². The number of carbonyl (C=O) groups is 3. The van der Waals surface area contributed by atoms with Gasteiger partial charge >= 0.3 is 0 Å². The number of halogens is 1.